The van der Waals surface area contributed by atoms with E-state index in [4.69, 9.17) is 9.84 Å². The van der Waals surface area contributed by atoms with E-state index in [2.05, 4.69) is 10.6 Å². The number of nitrogens with zero attached hydrogens (tertiary/aromatic N) is 1. The van der Waals surface area contributed by atoms with Crippen LogP contribution in [-0.4, -0.2) is 67.3 Å². The summed E-state index contributed by atoms with van der Waals surface area (Å²) in [6, 6.07) is -1.34. The van der Waals surface area contributed by atoms with Crippen LogP contribution >= 0.6 is 0 Å². The molecule has 0 saturated carbocycles. The topological polar surface area (TPSA) is 108 Å². The number of hydrogen-bond donors (Lipinski definition) is 3. The highest BCUT2D eigenvalue weighted by atomic mass is 16.5. The number of urea groups is 1. The molecule has 0 aromatic carbocycles. The van der Waals surface area contributed by atoms with Crippen molar-refractivity contribution in [2.24, 2.45) is 0 Å². The number of carboxylic acid groups (broad SMARTS) is 1. The van der Waals surface area contributed by atoms with E-state index in [9.17, 15) is 14.4 Å². The van der Waals surface area contributed by atoms with Crippen molar-refractivity contribution in [1.29, 1.82) is 0 Å². The molecule has 0 rings (SSSR count). The molecule has 0 aliphatic rings. The van der Waals surface area contributed by atoms with E-state index in [0.717, 1.165) is 4.90 Å². The Balaban J connectivity index is 4.44. The van der Waals surface area contributed by atoms with Gasteiger partial charge in [-0.05, 0) is 13.8 Å². The van der Waals surface area contributed by atoms with Crippen molar-refractivity contribution >= 4 is 17.9 Å². The Morgan fingerprint density at radius 2 is 2.00 bits per heavy atom. The van der Waals surface area contributed by atoms with Crippen LogP contribution in [0.2, 0.25) is 0 Å². The molecule has 0 saturated heterocycles. The lowest BCUT2D eigenvalue weighted by molar-refractivity contribution is -0.137. The predicted octanol–water partition coefficient (Wildman–Crippen LogP) is -0.746. The maximum Gasteiger partial charge on any atom is 0.323 e. The maximum atomic E-state index is 11.8. The van der Waals surface area contributed by atoms with Gasteiger partial charge in [-0.1, -0.05) is 0 Å². The summed E-state index contributed by atoms with van der Waals surface area (Å²) in [6.07, 6.45) is 0. The highest BCUT2D eigenvalue weighted by molar-refractivity contribution is 5.87. The summed E-state index contributed by atoms with van der Waals surface area (Å²) in [7, 11) is 1.45. The number of methoxy groups -OCH3 is 1. The highest BCUT2D eigenvalue weighted by Gasteiger charge is 2.21. The largest absolute Gasteiger partial charge is 0.480 e. The smallest absolute Gasteiger partial charge is 0.323 e. The molecule has 0 bridgehead atoms. The van der Waals surface area contributed by atoms with Crippen LogP contribution in [0.1, 0.15) is 13.8 Å². The second-order valence-electron chi connectivity index (χ2n) is 3.87. The van der Waals surface area contributed by atoms with E-state index in [0.29, 0.717) is 6.54 Å². The van der Waals surface area contributed by atoms with Crippen molar-refractivity contribution in [2.45, 2.75) is 19.9 Å². The summed E-state index contributed by atoms with van der Waals surface area (Å²) in [4.78, 5) is 35.0. The number of rotatable bonds is 8. The van der Waals surface area contributed by atoms with Gasteiger partial charge in [-0.25, -0.2) is 4.79 Å². The molecule has 3 amide bonds. The van der Waals surface area contributed by atoms with Gasteiger partial charge < -0.3 is 25.4 Å². The number of likely N-dealkylation sites (N-methyl/N-ethyl adjacent to an activating group) is 1. The number of carbonyl (C=O) groups excluding carboxylic acids is 2. The zero-order valence-electron chi connectivity index (χ0n) is 11.4. The number of nitrogens with one attached hydrogen (secondary N) is 2. The molecule has 0 aromatic rings. The van der Waals surface area contributed by atoms with Crippen LogP contribution in [0, 0.1) is 0 Å². The van der Waals surface area contributed by atoms with Crippen molar-refractivity contribution in [2.75, 3.05) is 33.4 Å². The minimum atomic E-state index is -1.13. The molecule has 1 unspecified atom stereocenters. The number of amides is 3. The first kappa shape index (κ1) is 17.2. The zero-order valence-corrected chi connectivity index (χ0v) is 11.4. The fourth-order valence-electron chi connectivity index (χ4n) is 1.29. The van der Waals surface area contributed by atoms with Crippen LogP contribution in [0.25, 0.3) is 0 Å². The third-order valence-electron chi connectivity index (χ3n) is 2.26. The minimum Gasteiger partial charge on any atom is -0.480 e. The van der Waals surface area contributed by atoms with Gasteiger partial charge in [-0.2, -0.15) is 0 Å². The summed E-state index contributed by atoms with van der Waals surface area (Å²) >= 11 is 0. The van der Waals surface area contributed by atoms with Crippen molar-refractivity contribution in [1.82, 2.24) is 15.5 Å². The van der Waals surface area contributed by atoms with Crippen molar-refractivity contribution in [3.8, 4) is 0 Å². The monoisotopic (exact) mass is 275 g/mol. The zero-order chi connectivity index (χ0) is 14.8. The van der Waals surface area contributed by atoms with Gasteiger partial charge in [0.15, 0.2) is 0 Å². The molecule has 0 fully saturated rings. The molecule has 0 heterocycles. The van der Waals surface area contributed by atoms with Gasteiger partial charge in [0.25, 0.3) is 0 Å². The van der Waals surface area contributed by atoms with E-state index in [-0.39, 0.29) is 19.1 Å². The quantitative estimate of drug-likeness (QED) is 0.540. The molecule has 0 aliphatic heterocycles. The molecule has 0 radical (unpaired) electrons. The maximum absolute atomic E-state index is 11.8. The first-order chi connectivity index (χ1) is 8.92. The second kappa shape index (κ2) is 9.15. The number of aliphatic carboxylic acids is 1. The van der Waals surface area contributed by atoms with Gasteiger partial charge >= 0.3 is 12.0 Å². The molecule has 0 aliphatic carbocycles. The number of carboxylic acids is 1. The van der Waals surface area contributed by atoms with Crippen LogP contribution in [0.15, 0.2) is 0 Å². The van der Waals surface area contributed by atoms with Gasteiger partial charge in [0, 0.05) is 20.2 Å². The minimum absolute atomic E-state index is 0.136. The van der Waals surface area contributed by atoms with Crippen molar-refractivity contribution in [3.05, 3.63) is 0 Å². The summed E-state index contributed by atoms with van der Waals surface area (Å²) in [5, 5.41) is 13.7. The third kappa shape index (κ3) is 7.24. The molecule has 3 N–H and O–H groups in total. The van der Waals surface area contributed by atoms with Crippen LogP contribution in [0.3, 0.4) is 0 Å². The van der Waals surface area contributed by atoms with E-state index in [1.807, 2.05) is 0 Å². The Morgan fingerprint density at radius 1 is 1.37 bits per heavy atom. The predicted molar refractivity (Wildman–Crippen MR) is 67.8 cm³/mol. The lowest BCUT2D eigenvalue weighted by Gasteiger charge is -2.23. The number of hydrogen-bond acceptors (Lipinski definition) is 4. The Bertz CT molecular complexity index is 321. The van der Waals surface area contributed by atoms with Gasteiger partial charge in [-0.3, -0.25) is 9.59 Å². The number of ether oxygens (including phenoxy) is 1. The Hall–Kier alpha value is -1.83. The van der Waals surface area contributed by atoms with Gasteiger partial charge in [0.1, 0.15) is 12.6 Å². The average Bonchev–Trinajstić information content (AvgIpc) is 2.34. The fourth-order valence-corrected chi connectivity index (χ4v) is 1.29. The average molecular weight is 275 g/mol. The van der Waals surface area contributed by atoms with E-state index in [1.54, 1.807) is 6.92 Å². The van der Waals surface area contributed by atoms with Crippen molar-refractivity contribution in [3.63, 3.8) is 0 Å². The molecule has 8 nitrogen and oxygen atoms in total. The van der Waals surface area contributed by atoms with Crippen LogP contribution in [0.5, 0.6) is 0 Å². The summed E-state index contributed by atoms with van der Waals surface area (Å²) in [5.74, 6) is -1.45. The van der Waals surface area contributed by atoms with Gasteiger partial charge in [0.2, 0.25) is 5.91 Å². The first-order valence-electron chi connectivity index (χ1n) is 5.96. The van der Waals surface area contributed by atoms with E-state index in [1.165, 1.54) is 14.0 Å². The fraction of sp³-hybridized carbons (Fsp3) is 0.727. The lowest BCUT2D eigenvalue weighted by atomic mass is 10.3. The Morgan fingerprint density at radius 3 is 2.47 bits per heavy atom. The number of carbonyl (C=O) groups is 3. The summed E-state index contributed by atoms with van der Waals surface area (Å²) < 4.78 is 4.80. The van der Waals surface area contributed by atoms with Gasteiger partial charge in [-0.15, -0.1) is 0 Å². The molecule has 1 atom stereocenters. The van der Waals surface area contributed by atoms with E-state index >= 15 is 0 Å². The summed E-state index contributed by atoms with van der Waals surface area (Å²) in [5.41, 5.74) is 0. The second-order valence-corrected chi connectivity index (χ2v) is 3.87. The molecule has 0 spiro atoms. The SMILES string of the molecule is CCNC(=O)C(C)NC(=O)N(CCOC)CC(=O)O. The highest BCUT2D eigenvalue weighted by Crippen LogP contribution is 1.93. The van der Waals surface area contributed by atoms with Crippen LogP contribution < -0.4 is 10.6 Å². The van der Waals surface area contributed by atoms with Crippen molar-refractivity contribution < 1.29 is 24.2 Å². The standard InChI is InChI=1S/C11H21N3O5/c1-4-12-10(17)8(2)13-11(18)14(5-6-19-3)7-9(15)16/h8H,4-7H2,1-3H3,(H,12,17)(H,13,18)(H,15,16). The molecular formula is C11H21N3O5. The molecular weight excluding hydrogens is 254 g/mol. The van der Waals surface area contributed by atoms with E-state index < -0.39 is 24.6 Å². The molecule has 0 aromatic heterocycles. The summed E-state index contributed by atoms with van der Waals surface area (Å²) in [6.45, 7) is 3.66. The van der Waals surface area contributed by atoms with Crippen LogP contribution in [-0.2, 0) is 14.3 Å². The lowest BCUT2D eigenvalue weighted by Crippen LogP contribution is -2.51. The normalized spacial score (nSPS) is 11.5. The first-order valence-corrected chi connectivity index (χ1v) is 5.96. The van der Waals surface area contributed by atoms with Crippen LogP contribution in [0.4, 0.5) is 4.79 Å². The third-order valence-corrected chi connectivity index (χ3v) is 2.26. The Labute approximate surface area is 112 Å². The van der Waals surface area contributed by atoms with Gasteiger partial charge in [0.05, 0.1) is 6.61 Å². The molecule has 19 heavy (non-hydrogen) atoms. The molecule has 8 heteroatoms. The molecule has 110 valence electrons. The Kier molecular flexibility index (Phi) is 8.27.